The molecular weight excluding hydrogens is 268 g/mol. The molecule has 88 valence electrons. The second-order valence-electron chi connectivity index (χ2n) is 3.60. The zero-order valence-corrected chi connectivity index (χ0v) is 10.8. The van der Waals surface area contributed by atoms with E-state index in [0.717, 1.165) is 28.8 Å². The van der Waals surface area contributed by atoms with Crippen molar-refractivity contribution in [1.82, 2.24) is 4.90 Å². The van der Waals surface area contributed by atoms with Gasteiger partial charge in [0.15, 0.2) is 0 Å². The lowest BCUT2D eigenvalue weighted by Crippen LogP contribution is -2.26. The van der Waals surface area contributed by atoms with E-state index in [1.165, 1.54) is 0 Å². The van der Waals surface area contributed by atoms with Gasteiger partial charge in [0.05, 0.1) is 6.61 Å². The SMILES string of the molecule is C=CCN(CCO)Cc1cc(N)ccc1Br. The van der Waals surface area contributed by atoms with Gasteiger partial charge in [0.2, 0.25) is 0 Å². The minimum atomic E-state index is 0.147. The van der Waals surface area contributed by atoms with Crippen LogP contribution in [-0.4, -0.2) is 29.7 Å². The number of halogens is 1. The zero-order chi connectivity index (χ0) is 12.0. The summed E-state index contributed by atoms with van der Waals surface area (Å²) in [4.78, 5) is 2.10. The van der Waals surface area contributed by atoms with Crippen LogP contribution in [0.25, 0.3) is 0 Å². The highest BCUT2D eigenvalue weighted by Crippen LogP contribution is 2.21. The summed E-state index contributed by atoms with van der Waals surface area (Å²) in [7, 11) is 0. The smallest absolute Gasteiger partial charge is 0.0558 e. The molecule has 16 heavy (non-hydrogen) atoms. The van der Waals surface area contributed by atoms with Crippen LogP contribution in [0.2, 0.25) is 0 Å². The van der Waals surface area contributed by atoms with Gasteiger partial charge in [-0.2, -0.15) is 0 Å². The molecule has 0 unspecified atom stereocenters. The van der Waals surface area contributed by atoms with Crippen molar-refractivity contribution in [3.63, 3.8) is 0 Å². The summed E-state index contributed by atoms with van der Waals surface area (Å²) < 4.78 is 1.04. The highest BCUT2D eigenvalue weighted by atomic mass is 79.9. The standard InChI is InChI=1S/C12H17BrN2O/c1-2-5-15(6-7-16)9-10-8-11(14)3-4-12(10)13/h2-4,8,16H,1,5-7,9,14H2. The Hall–Kier alpha value is -0.840. The van der Waals surface area contributed by atoms with Crippen LogP contribution in [0.5, 0.6) is 0 Å². The minimum absolute atomic E-state index is 0.147. The first-order valence-corrected chi connectivity index (χ1v) is 5.94. The molecular formula is C12H17BrN2O. The third-order valence-corrected chi connectivity index (χ3v) is 3.04. The molecule has 0 bridgehead atoms. The number of benzene rings is 1. The highest BCUT2D eigenvalue weighted by molar-refractivity contribution is 9.10. The molecule has 0 fully saturated rings. The maximum atomic E-state index is 8.95. The summed E-state index contributed by atoms with van der Waals surface area (Å²) in [6.07, 6.45) is 1.83. The third-order valence-electron chi connectivity index (χ3n) is 2.27. The fourth-order valence-electron chi connectivity index (χ4n) is 1.52. The van der Waals surface area contributed by atoms with Crippen LogP contribution in [0.4, 0.5) is 5.69 Å². The van der Waals surface area contributed by atoms with E-state index < -0.39 is 0 Å². The second-order valence-corrected chi connectivity index (χ2v) is 4.45. The predicted molar refractivity (Wildman–Crippen MR) is 71.1 cm³/mol. The average molecular weight is 285 g/mol. The molecule has 0 aliphatic carbocycles. The lowest BCUT2D eigenvalue weighted by Gasteiger charge is -2.20. The molecule has 0 spiro atoms. The quantitative estimate of drug-likeness (QED) is 0.621. The van der Waals surface area contributed by atoms with Crippen LogP contribution in [0.3, 0.4) is 0 Å². The van der Waals surface area contributed by atoms with E-state index >= 15 is 0 Å². The third kappa shape index (κ3) is 3.96. The van der Waals surface area contributed by atoms with Gasteiger partial charge >= 0.3 is 0 Å². The summed E-state index contributed by atoms with van der Waals surface area (Å²) in [5.74, 6) is 0. The van der Waals surface area contributed by atoms with Gasteiger partial charge in [-0.15, -0.1) is 6.58 Å². The van der Waals surface area contributed by atoms with Crippen molar-refractivity contribution >= 4 is 21.6 Å². The van der Waals surface area contributed by atoms with E-state index in [-0.39, 0.29) is 6.61 Å². The Kier molecular flexibility index (Phi) is 5.52. The van der Waals surface area contributed by atoms with Crippen molar-refractivity contribution in [3.8, 4) is 0 Å². The van der Waals surface area contributed by atoms with Gasteiger partial charge in [0, 0.05) is 29.8 Å². The highest BCUT2D eigenvalue weighted by Gasteiger charge is 2.06. The van der Waals surface area contributed by atoms with E-state index in [1.54, 1.807) is 0 Å². The van der Waals surface area contributed by atoms with Gasteiger partial charge in [0.25, 0.3) is 0 Å². The minimum Gasteiger partial charge on any atom is -0.399 e. The Morgan fingerprint density at radius 3 is 2.88 bits per heavy atom. The van der Waals surface area contributed by atoms with Gasteiger partial charge in [-0.25, -0.2) is 0 Å². The lowest BCUT2D eigenvalue weighted by molar-refractivity contribution is 0.203. The van der Waals surface area contributed by atoms with E-state index in [1.807, 2.05) is 24.3 Å². The molecule has 3 N–H and O–H groups in total. The van der Waals surface area contributed by atoms with Gasteiger partial charge in [-0.3, -0.25) is 4.90 Å². The van der Waals surface area contributed by atoms with Crippen molar-refractivity contribution in [2.75, 3.05) is 25.4 Å². The van der Waals surface area contributed by atoms with E-state index in [2.05, 4.69) is 27.4 Å². The molecule has 1 aromatic carbocycles. The normalized spacial score (nSPS) is 10.7. The van der Waals surface area contributed by atoms with E-state index in [9.17, 15) is 0 Å². The summed E-state index contributed by atoms with van der Waals surface area (Å²) in [6.45, 7) is 5.98. The molecule has 0 heterocycles. The lowest BCUT2D eigenvalue weighted by atomic mass is 10.2. The summed E-state index contributed by atoms with van der Waals surface area (Å²) >= 11 is 3.49. The molecule has 0 aliphatic rings. The molecule has 4 heteroatoms. The number of rotatable bonds is 6. The molecule has 0 atom stereocenters. The molecule has 0 saturated heterocycles. The largest absolute Gasteiger partial charge is 0.399 e. The molecule has 0 saturated carbocycles. The molecule has 0 radical (unpaired) electrons. The topological polar surface area (TPSA) is 49.5 Å². The van der Waals surface area contributed by atoms with Gasteiger partial charge in [-0.05, 0) is 23.8 Å². The van der Waals surface area contributed by atoms with E-state index in [0.29, 0.717) is 6.54 Å². The average Bonchev–Trinajstić information content (AvgIpc) is 2.24. The molecule has 1 aromatic rings. The van der Waals surface area contributed by atoms with Gasteiger partial charge < -0.3 is 10.8 Å². The summed E-state index contributed by atoms with van der Waals surface area (Å²) in [6, 6.07) is 5.74. The fourth-order valence-corrected chi connectivity index (χ4v) is 1.89. The van der Waals surface area contributed by atoms with Gasteiger partial charge in [0.1, 0.15) is 0 Å². The number of hydrogen-bond donors (Lipinski definition) is 2. The number of anilines is 1. The van der Waals surface area contributed by atoms with Crippen LogP contribution in [0.15, 0.2) is 35.3 Å². The van der Waals surface area contributed by atoms with Crippen molar-refractivity contribution in [2.45, 2.75) is 6.54 Å². The van der Waals surface area contributed by atoms with Crippen molar-refractivity contribution < 1.29 is 5.11 Å². The van der Waals surface area contributed by atoms with Gasteiger partial charge in [-0.1, -0.05) is 22.0 Å². The second kappa shape index (κ2) is 6.68. The maximum absolute atomic E-state index is 8.95. The van der Waals surface area contributed by atoms with Crippen LogP contribution in [-0.2, 0) is 6.54 Å². The van der Waals surface area contributed by atoms with Crippen molar-refractivity contribution in [1.29, 1.82) is 0 Å². The maximum Gasteiger partial charge on any atom is 0.0558 e. The van der Waals surface area contributed by atoms with Crippen molar-refractivity contribution in [3.05, 3.63) is 40.9 Å². The first-order valence-electron chi connectivity index (χ1n) is 5.15. The summed E-state index contributed by atoms with van der Waals surface area (Å²) in [5, 5.41) is 8.95. The first-order chi connectivity index (χ1) is 7.67. The molecule has 1 rings (SSSR count). The first kappa shape index (κ1) is 13.2. The Balaban J connectivity index is 2.75. The predicted octanol–water partition coefficient (Wildman–Crippen LogP) is 2.01. The molecule has 0 aromatic heterocycles. The van der Waals surface area contributed by atoms with Crippen molar-refractivity contribution in [2.24, 2.45) is 0 Å². The monoisotopic (exact) mass is 284 g/mol. The zero-order valence-electron chi connectivity index (χ0n) is 9.19. The molecule has 0 amide bonds. The number of hydrogen-bond acceptors (Lipinski definition) is 3. The number of nitrogens with two attached hydrogens (primary N) is 1. The van der Waals surface area contributed by atoms with Crippen LogP contribution < -0.4 is 5.73 Å². The van der Waals surface area contributed by atoms with E-state index in [4.69, 9.17) is 10.8 Å². The molecule has 0 aliphatic heterocycles. The Morgan fingerprint density at radius 2 is 2.25 bits per heavy atom. The number of aliphatic hydroxyl groups is 1. The molecule has 3 nitrogen and oxygen atoms in total. The van der Waals surface area contributed by atoms with Crippen LogP contribution in [0.1, 0.15) is 5.56 Å². The van der Waals surface area contributed by atoms with Crippen LogP contribution in [0, 0.1) is 0 Å². The number of nitrogens with zero attached hydrogens (tertiary/aromatic N) is 1. The van der Waals surface area contributed by atoms with Crippen LogP contribution >= 0.6 is 15.9 Å². The number of aliphatic hydroxyl groups excluding tert-OH is 1. The Bertz CT molecular complexity index is 355. The Labute approximate surface area is 105 Å². The summed E-state index contributed by atoms with van der Waals surface area (Å²) in [5.41, 5.74) is 7.61. The fraction of sp³-hybridized carbons (Fsp3) is 0.333. The Morgan fingerprint density at radius 1 is 1.50 bits per heavy atom. The number of nitrogen functional groups attached to an aromatic ring is 1.